The Labute approximate surface area is 216 Å². The first-order chi connectivity index (χ1) is 17.8. The van der Waals surface area contributed by atoms with E-state index in [4.69, 9.17) is 0 Å². The van der Waals surface area contributed by atoms with Crippen LogP contribution in [-0.2, 0) is 11.0 Å². The molecule has 11 heteroatoms. The fourth-order valence-corrected chi connectivity index (χ4v) is 5.94. The molecule has 1 aliphatic carbocycles. The Morgan fingerprint density at radius 2 is 1.71 bits per heavy atom. The Balaban J connectivity index is 1.15. The molecular formula is C27H26F3N5O3. The van der Waals surface area contributed by atoms with E-state index in [0.29, 0.717) is 24.9 Å². The van der Waals surface area contributed by atoms with Gasteiger partial charge in [-0.3, -0.25) is 19.4 Å². The number of carbonyl (C=O) groups is 3. The Morgan fingerprint density at radius 1 is 1.03 bits per heavy atom. The number of nitrogens with one attached hydrogen (secondary N) is 2. The molecule has 198 valence electrons. The van der Waals surface area contributed by atoms with E-state index in [-0.39, 0.29) is 24.1 Å². The number of halogens is 3. The molecule has 38 heavy (non-hydrogen) atoms. The van der Waals surface area contributed by atoms with Crippen molar-refractivity contribution in [2.45, 2.75) is 50.5 Å². The van der Waals surface area contributed by atoms with Crippen molar-refractivity contribution in [1.82, 2.24) is 25.1 Å². The van der Waals surface area contributed by atoms with E-state index in [0.717, 1.165) is 23.0 Å². The number of hydrogen-bond donors (Lipinski definition) is 2. The number of benzene rings is 1. The highest BCUT2D eigenvalue weighted by Gasteiger charge is 2.90. The number of alkyl halides is 3. The van der Waals surface area contributed by atoms with E-state index in [2.05, 4.69) is 15.3 Å². The SMILES string of the molecule is CC(C)(C)C(NC(=O)c1cc2ccccc2[nH]1)C(=O)N1CC23CC12CN3C(=O)c1ccc(C(F)(F)F)cn1. The van der Waals surface area contributed by atoms with Gasteiger partial charge in [0.1, 0.15) is 17.4 Å². The minimum Gasteiger partial charge on any atom is -0.351 e. The third kappa shape index (κ3) is 3.36. The van der Waals surface area contributed by atoms with Crippen LogP contribution >= 0.6 is 0 Å². The first-order valence-electron chi connectivity index (χ1n) is 12.3. The normalized spacial score (nSPS) is 24.6. The quantitative estimate of drug-likeness (QED) is 0.544. The number of H-pyrrole nitrogens is 1. The van der Waals surface area contributed by atoms with E-state index in [1.165, 1.54) is 0 Å². The summed E-state index contributed by atoms with van der Waals surface area (Å²) in [5.41, 5.74) is -1.36. The number of aromatic nitrogens is 2. The number of carbonyl (C=O) groups excluding carboxylic acids is 3. The van der Waals surface area contributed by atoms with Gasteiger partial charge < -0.3 is 20.1 Å². The van der Waals surface area contributed by atoms with Gasteiger partial charge in [0.2, 0.25) is 5.91 Å². The average Bonchev–Trinajstić information content (AvgIpc) is 3.23. The van der Waals surface area contributed by atoms with Crippen LogP contribution in [0.3, 0.4) is 0 Å². The van der Waals surface area contributed by atoms with Gasteiger partial charge in [-0.25, -0.2) is 0 Å². The monoisotopic (exact) mass is 525 g/mol. The summed E-state index contributed by atoms with van der Waals surface area (Å²) in [6.07, 6.45) is -3.27. The van der Waals surface area contributed by atoms with E-state index < -0.39 is 40.2 Å². The van der Waals surface area contributed by atoms with Crippen LogP contribution in [0.4, 0.5) is 13.2 Å². The minimum absolute atomic E-state index is 0.0594. The smallest absolute Gasteiger partial charge is 0.351 e. The predicted molar refractivity (Wildman–Crippen MR) is 131 cm³/mol. The van der Waals surface area contributed by atoms with Crippen LogP contribution in [0.15, 0.2) is 48.7 Å². The number of hydrogen-bond acceptors (Lipinski definition) is 4. The van der Waals surface area contributed by atoms with Crippen LogP contribution in [0.5, 0.6) is 0 Å². The second-order valence-electron chi connectivity index (χ2n) is 11.5. The van der Waals surface area contributed by atoms with E-state index in [1.807, 2.05) is 45.0 Å². The van der Waals surface area contributed by atoms with Crippen molar-refractivity contribution in [3.63, 3.8) is 0 Å². The van der Waals surface area contributed by atoms with Gasteiger partial charge in [-0.1, -0.05) is 39.0 Å². The third-order valence-electron chi connectivity index (χ3n) is 8.18. The molecule has 3 aliphatic rings. The third-order valence-corrected chi connectivity index (χ3v) is 8.18. The zero-order valence-electron chi connectivity index (χ0n) is 21.0. The number of rotatable bonds is 4. The van der Waals surface area contributed by atoms with Gasteiger partial charge >= 0.3 is 6.18 Å². The molecule has 2 aromatic heterocycles. The molecular weight excluding hydrogens is 499 g/mol. The number of para-hydroxylation sites is 1. The van der Waals surface area contributed by atoms with Gasteiger partial charge in [0, 0.05) is 36.6 Å². The maximum atomic E-state index is 13.7. The number of likely N-dealkylation sites (tertiary alicyclic amines) is 2. The summed E-state index contributed by atoms with van der Waals surface area (Å²) in [4.78, 5) is 49.9. The highest BCUT2D eigenvalue weighted by molar-refractivity contribution is 6.01. The van der Waals surface area contributed by atoms with Crippen LogP contribution in [-0.4, -0.2) is 67.7 Å². The molecule has 0 bridgehead atoms. The van der Waals surface area contributed by atoms with Crippen molar-refractivity contribution in [2.24, 2.45) is 5.41 Å². The summed E-state index contributed by atoms with van der Waals surface area (Å²) in [5.74, 6) is -1.04. The standard InChI is InChI=1S/C27H26F3N5O3/c1-24(2,3)20(33-21(36)19-10-15-6-4-5-7-17(15)32-19)23(38)35-14-25-12-26(25,35)13-34(25)22(37)18-9-8-16(11-31-18)27(28,29)30/h4-11,20,32H,12-14H2,1-3H3,(H,33,36). The molecule has 3 unspecified atom stereocenters. The van der Waals surface area contributed by atoms with E-state index >= 15 is 0 Å². The molecule has 1 aromatic carbocycles. The first-order valence-corrected chi connectivity index (χ1v) is 12.3. The molecule has 1 saturated carbocycles. The summed E-state index contributed by atoms with van der Waals surface area (Å²) < 4.78 is 38.5. The Hall–Kier alpha value is -3.89. The number of nitrogens with zero attached hydrogens (tertiary/aromatic N) is 3. The average molecular weight is 526 g/mol. The molecule has 2 N–H and O–H groups in total. The lowest BCUT2D eigenvalue weighted by Crippen LogP contribution is -2.82. The number of pyridine rings is 1. The number of amides is 3. The van der Waals surface area contributed by atoms with Crippen LogP contribution in [0, 0.1) is 5.41 Å². The lowest BCUT2D eigenvalue weighted by Gasteiger charge is -2.61. The van der Waals surface area contributed by atoms with Crippen LogP contribution in [0.25, 0.3) is 10.9 Å². The number of fused-ring (bicyclic) bond motifs is 1. The first kappa shape index (κ1) is 24.4. The molecule has 6 rings (SSSR count). The maximum absolute atomic E-state index is 13.7. The molecule has 3 amide bonds. The minimum atomic E-state index is -4.53. The van der Waals surface area contributed by atoms with Gasteiger partial charge in [0.05, 0.1) is 16.6 Å². The van der Waals surface area contributed by atoms with Gasteiger partial charge in [-0.15, -0.1) is 0 Å². The van der Waals surface area contributed by atoms with Gasteiger partial charge in [0.15, 0.2) is 0 Å². The van der Waals surface area contributed by atoms with E-state index in [9.17, 15) is 27.6 Å². The van der Waals surface area contributed by atoms with Gasteiger partial charge in [-0.05, 0) is 29.7 Å². The Kier molecular flexibility index (Phi) is 4.88. The highest BCUT2D eigenvalue weighted by Crippen LogP contribution is 2.72. The second-order valence-corrected chi connectivity index (χ2v) is 11.5. The number of aromatic amines is 1. The fraction of sp³-hybridized carbons (Fsp3) is 0.407. The van der Waals surface area contributed by atoms with Crippen LogP contribution in [0.1, 0.15) is 53.7 Å². The summed E-state index contributed by atoms with van der Waals surface area (Å²) in [5, 5.41) is 3.80. The summed E-state index contributed by atoms with van der Waals surface area (Å²) >= 11 is 0. The van der Waals surface area contributed by atoms with E-state index in [1.54, 1.807) is 15.9 Å². The lowest BCUT2D eigenvalue weighted by molar-refractivity contribution is -0.163. The predicted octanol–water partition coefficient (Wildman–Crippen LogP) is 3.61. The molecule has 3 aromatic rings. The van der Waals surface area contributed by atoms with Crippen LogP contribution < -0.4 is 5.32 Å². The lowest BCUT2D eigenvalue weighted by atomic mass is 9.80. The second kappa shape index (κ2) is 7.58. The van der Waals surface area contributed by atoms with Crippen molar-refractivity contribution in [2.75, 3.05) is 13.1 Å². The largest absolute Gasteiger partial charge is 0.417 e. The summed E-state index contributed by atoms with van der Waals surface area (Å²) in [6, 6.07) is 10.4. The molecule has 0 spiro atoms. The van der Waals surface area contributed by atoms with Crippen molar-refractivity contribution in [3.05, 3.63) is 65.6 Å². The van der Waals surface area contributed by atoms with Crippen LogP contribution in [0.2, 0.25) is 0 Å². The van der Waals surface area contributed by atoms with Crippen molar-refractivity contribution in [3.8, 4) is 0 Å². The van der Waals surface area contributed by atoms with Gasteiger partial charge in [0.25, 0.3) is 11.8 Å². The molecule has 2 saturated heterocycles. The molecule has 4 heterocycles. The Bertz CT molecular complexity index is 1460. The maximum Gasteiger partial charge on any atom is 0.417 e. The molecule has 8 nitrogen and oxygen atoms in total. The molecule has 0 radical (unpaired) electrons. The van der Waals surface area contributed by atoms with Crippen molar-refractivity contribution < 1.29 is 27.6 Å². The highest BCUT2D eigenvalue weighted by atomic mass is 19.4. The summed E-state index contributed by atoms with van der Waals surface area (Å²) in [6.45, 7) is 6.24. The Morgan fingerprint density at radius 3 is 2.29 bits per heavy atom. The molecule has 3 fully saturated rings. The van der Waals surface area contributed by atoms with Crippen molar-refractivity contribution in [1.29, 1.82) is 0 Å². The molecule has 2 aliphatic heterocycles. The van der Waals surface area contributed by atoms with Gasteiger partial charge in [-0.2, -0.15) is 13.2 Å². The number of piperazine rings is 1. The zero-order valence-corrected chi connectivity index (χ0v) is 21.0. The fourth-order valence-electron chi connectivity index (χ4n) is 5.94. The topological polar surface area (TPSA) is 98.4 Å². The summed E-state index contributed by atoms with van der Waals surface area (Å²) in [7, 11) is 0. The van der Waals surface area contributed by atoms with Crippen molar-refractivity contribution >= 4 is 28.6 Å². The zero-order chi connectivity index (χ0) is 27.3. The molecule has 3 atom stereocenters.